The van der Waals surface area contributed by atoms with Gasteiger partial charge in [-0.25, -0.2) is 10.5 Å². The number of hydroxylamine groups is 1. The van der Waals surface area contributed by atoms with E-state index in [0.29, 0.717) is 34.9 Å². The number of carbonyl (C=O) groups is 2. The molecule has 2 atom stereocenters. The number of hydrogen-bond acceptors (Lipinski definition) is 8. The SMILES string of the molecule is CC(C)(C)OC(=O)CC[C@]1(C(=O)NO)N=C(c2ccc(OCCCO)cc2)O[C@H]1c1ccc(Cl)cc1Cl. The fourth-order valence-corrected chi connectivity index (χ4v) is 4.35. The molecule has 3 rings (SSSR count). The van der Waals surface area contributed by atoms with Crippen LogP contribution in [0.5, 0.6) is 5.75 Å². The smallest absolute Gasteiger partial charge is 0.306 e. The summed E-state index contributed by atoms with van der Waals surface area (Å²) in [5, 5.41) is 19.2. The number of amides is 1. The Morgan fingerprint density at radius 3 is 2.46 bits per heavy atom. The molecular formula is C26H30Cl2N2O7. The van der Waals surface area contributed by atoms with E-state index in [1.165, 1.54) is 6.07 Å². The fraction of sp³-hybridized carbons (Fsp3) is 0.423. The van der Waals surface area contributed by atoms with Gasteiger partial charge in [-0.2, -0.15) is 0 Å². The lowest BCUT2D eigenvalue weighted by Gasteiger charge is -2.30. The molecule has 9 nitrogen and oxygen atoms in total. The van der Waals surface area contributed by atoms with Gasteiger partial charge in [0.25, 0.3) is 5.91 Å². The molecule has 1 amide bonds. The number of esters is 1. The average molecular weight is 553 g/mol. The quantitative estimate of drug-likeness (QED) is 0.169. The highest BCUT2D eigenvalue weighted by Crippen LogP contribution is 2.45. The maximum atomic E-state index is 13.2. The molecule has 0 aromatic heterocycles. The second-order valence-corrected chi connectivity index (χ2v) is 10.3. The van der Waals surface area contributed by atoms with Crippen LogP contribution in [0.2, 0.25) is 10.0 Å². The van der Waals surface area contributed by atoms with Gasteiger partial charge in [-0.05, 0) is 63.6 Å². The van der Waals surface area contributed by atoms with Crippen LogP contribution < -0.4 is 10.2 Å². The highest BCUT2D eigenvalue weighted by molar-refractivity contribution is 6.35. The molecule has 1 heterocycles. The molecule has 37 heavy (non-hydrogen) atoms. The maximum absolute atomic E-state index is 13.2. The number of nitrogens with one attached hydrogen (secondary N) is 1. The monoisotopic (exact) mass is 552 g/mol. The lowest BCUT2D eigenvalue weighted by molar-refractivity contribution is -0.155. The predicted octanol–water partition coefficient (Wildman–Crippen LogP) is 4.64. The van der Waals surface area contributed by atoms with E-state index in [0.717, 1.165) is 0 Å². The van der Waals surface area contributed by atoms with Crippen molar-refractivity contribution in [1.82, 2.24) is 5.48 Å². The second-order valence-electron chi connectivity index (χ2n) is 9.48. The summed E-state index contributed by atoms with van der Waals surface area (Å²) < 4.78 is 17.2. The van der Waals surface area contributed by atoms with Crippen LogP contribution in [0.3, 0.4) is 0 Å². The van der Waals surface area contributed by atoms with Gasteiger partial charge in [0.1, 0.15) is 11.4 Å². The van der Waals surface area contributed by atoms with Crippen LogP contribution in [-0.4, -0.2) is 52.4 Å². The molecule has 0 radical (unpaired) electrons. The molecule has 0 unspecified atom stereocenters. The van der Waals surface area contributed by atoms with E-state index >= 15 is 0 Å². The third kappa shape index (κ3) is 7.13. The van der Waals surface area contributed by atoms with E-state index in [-0.39, 0.29) is 30.4 Å². The molecule has 1 aliphatic heterocycles. The Hall–Kier alpha value is -2.85. The van der Waals surface area contributed by atoms with Crippen LogP contribution in [0.15, 0.2) is 47.5 Å². The van der Waals surface area contributed by atoms with Crippen LogP contribution in [0, 0.1) is 0 Å². The Labute approximate surface area is 225 Å². The molecule has 3 N–H and O–H groups in total. The molecule has 0 spiro atoms. The Morgan fingerprint density at radius 2 is 1.86 bits per heavy atom. The summed E-state index contributed by atoms with van der Waals surface area (Å²) in [6, 6.07) is 11.5. The predicted molar refractivity (Wildman–Crippen MR) is 138 cm³/mol. The number of nitrogens with zero attached hydrogens (tertiary/aromatic N) is 1. The van der Waals surface area contributed by atoms with Gasteiger partial charge in [-0.1, -0.05) is 29.3 Å². The topological polar surface area (TPSA) is 127 Å². The Bertz CT molecular complexity index is 1150. The zero-order chi connectivity index (χ0) is 27.2. The van der Waals surface area contributed by atoms with Gasteiger partial charge < -0.3 is 19.3 Å². The number of aliphatic imine (C=N–C) groups is 1. The van der Waals surface area contributed by atoms with Crippen molar-refractivity contribution in [3.05, 3.63) is 63.6 Å². The first-order chi connectivity index (χ1) is 17.5. The van der Waals surface area contributed by atoms with Crippen molar-refractivity contribution >= 4 is 41.0 Å². The minimum atomic E-state index is -1.74. The van der Waals surface area contributed by atoms with Gasteiger partial charge in [0.15, 0.2) is 11.6 Å². The third-order valence-corrected chi connectivity index (χ3v) is 6.07. The van der Waals surface area contributed by atoms with E-state index in [1.807, 2.05) is 0 Å². The van der Waals surface area contributed by atoms with Crippen LogP contribution >= 0.6 is 23.2 Å². The van der Waals surface area contributed by atoms with Crippen LogP contribution in [0.1, 0.15) is 57.3 Å². The summed E-state index contributed by atoms with van der Waals surface area (Å²) >= 11 is 12.5. The number of halogens is 2. The lowest BCUT2D eigenvalue weighted by Crippen LogP contribution is -2.47. The zero-order valence-electron chi connectivity index (χ0n) is 20.8. The zero-order valence-corrected chi connectivity index (χ0v) is 22.3. The Balaban J connectivity index is 2.01. The maximum Gasteiger partial charge on any atom is 0.306 e. The number of ether oxygens (including phenoxy) is 3. The molecule has 0 aliphatic carbocycles. The molecule has 1 aliphatic rings. The van der Waals surface area contributed by atoms with Gasteiger partial charge in [0, 0.05) is 40.6 Å². The van der Waals surface area contributed by atoms with Crippen molar-refractivity contribution in [2.45, 2.75) is 57.3 Å². The highest BCUT2D eigenvalue weighted by Gasteiger charge is 2.54. The standard InChI is InChI=1S/C26H30Cl2N2O7/c1-25(2,3)37-21(32)11-12-26(24(33)30-34)22(19-10-7-17(27)15-20(19)28)36-23(29-26)16-5-8-18(9-6-16)35-14-4-13-31/h5-10,15,22,31,34H,4,11-14H2,1-3H3,(H,30,33)/t22-,26-/m0/s1. The van der Waals surface area contributed by atoms with E-state index < -0.39 is 29.1 Å². The number of hydrogen-bond donors (Lipinski definition) is 3. The lowest BCUT2D eigenvalue weighted by atomic mass is 9.83. The Kier molecular flexibility index (Phi) is 9.41. The average Bonchev–Trinajstić information content (AvgIpc) is 3.22. The molecular weight excluding hydrogens is 523 g/mol. The first kappa shape index (κ1) is 28.7. The summed E-state index contributed by atoms with van der Waals surface area (Å²) in [5.41, 5.74) is 0.154. The van der Waals surface area contributed by atoms with Gasteiger partial charge in [0.2, 0.25) is 5.90 Å². The third-order valence-electron chi connectivity index (χ3n) is 5.51. The van der Waals surface area contributed by atoms with E-state index in [4.69, 9.17) is 42.5 Å². The van der Waals surface area contributed by atoms with E-state index in [9.17, 15) is 14.8 Å². The number of aliphatic hydroxyl groups is 1. The Morgan fingerprint density at radius 1 is 1.16 bits per heavy atom. The van der Waals surface area contributed by atoms with Crippen LogP contribution in [-0.2, 0) is 19.1 Å². The van der Waals surface area contributed by atoms with Crippen molar-refractivity contribution in [1.29, 1.82) is 0 Å². The molecule has 0 fully saturated rings. The molecule has 200 valence electrons. The van der Waals surface area contributed by atoms with Gasteiger partial charge in [-0.3, -0.25) is 14.8 Å². The van der Waals surface area contributed by atoms with Gasteiger partial charge in [0.05, 0.1) is 6.61 Å². The number of rotatable bonds is 10. The number of benzene rings is 2. The first-order valence-electron chi connectivity index (χ1n) is 11.7. The minimum Gasteiger partial charge on any atom is -0.494 e. The van der Waals surface area contributed by atoms with Gasteiger partial charge in [-0.15, -0.1) is 0 Å². The second kappa shape index (κ2) is 12.1. The van der Waals surface area contributed by atoms with Crippen molar-refractivity contribution in [3.63, 3.8) is 0 Å². The van der Waals surface area contributed by atoms with Crippen molar-refractivity contribution in [3.8, 4) is 5.75 Å². The normalized spacial score (nSPS) is 19.1. The molecule has 0 saturated carbocycles. The summed E-state index contributed by atoms with van der Waals surface area (Å²) in [6.07, 6.45) is -0.895. The van der Waals surface area contributed by atoms with Crippen LogP contribution in [0.25, 0.3) is 0 Å². The van der Waals surface area contributed by atoms with Crippen molar-refractivity contribution in [2.75, 3.05) is 13.2 Å². The van der Waals surface area contributed by atoms with Gasteiger partial charge >= 0.3 is 5.97 Å². The number of aliphatic hydroxyl groups excluding tert-OH is 1. The minimum absolute atomic E-state index is 0.0235. The molecule has 2 aromatic rings. The van der Waals surface area contributed by atoms with E-state index in [1.54, 1.807) is 62.6 Å². The molecule has 2 aromatic carbocycles. The summed E-state index contributed by atoms with van der Waals surface area (Å²) in [5.74, 6) is -0.708. The summed E-state index contributed by atoms with van der Waals surface area (Å²) in [4.78, 5) is 30.3. The summed E-state index contributed by atoms with van der Waals surface area (Å²) in [6.45, 7) is 5.60. The molecule has 0 saturated heterocycles. The van der Waals surface area contributed by atoms with Crippen molar-refractivity contribution in [2.24, 2.45) is 4.99 Å². The molecule has 11 heteroatoms. The largest absolute Gasteiger partial charge is 0.494 e. The molecule has 0 bridgehead atoms. The number of carbonyl (C=O) groups excluding carboxylic acids is 2. The van der Waals surface area contributed by atoms with Crippen molar-refractivity contribution < 1.29 is 34.1 Å². The van der Waals surface area contributed by atoms with Crippen LogP contribution in [0.4, 0.5) is 0 Å². The first-order valence-corrected chi connectivity index (χ1v) is 12.5. The fourth-order valence-electron chi connectivity index (χ4n) is 3.84. The van der Waals surface area contributed by atoms with E-state index in [2.05, 4.69) is 4.99 Å². The summed E-state index contributed by atoms with van der Waals surface area (Å²) in [7, 11) is 0. The highest BCUT2D eigenvalue weighted by atomic mass is 35.5.